The Bertz CT molecular complexity index is 1050. The lowest BCUT2D eigenvalue weighted by molar-refractivity contribution is -0.122. The molecule has 2 heterocycles. The number of aryl methyl sites for hydroxylation is 1. The molecule has 0 aromatic carbocycles. The molecule has 2 aromatic rings. The van der Waals surface area contributed by atoms with Gasteiger partial charge >= 0.3 is 6.09 Å². The van der Waals surface area contributed by atoms with Crippen LogP contribution < -0.4 is 16.0 Å². The topological polar surface area (TPSA) is 135 Å². The minimum Gasteiger partial charge on any atom is -0.444 e. The van der Waals surface area contributed by atoms with E-state index in [-0.39, 0.29) is 12.5 Å². The number of likely N-dealkylation sites (N-methyl/N-ethyl adjacent to an activating group) is 1. The van der Waals surface area contributed by atoms with Crippen LogP contribution in [0.3, 0.4) is 0 Å². The fourth-order valence-corrected chi connectivity index (χ4v) is 2.68. The van der Waals surface area contributed by atoms with Crippen molar-refractivity contribution in [3.8, 4) is 11.8 Å². The highest BCUT2D eigenvalue weighted by molar-refractivity contribution is 5.82. The smallest absolute Gasteiger partial charge is 0.410 e. The summed E-state index contributed by atoms with van der Waals surface area (Å²) in [6, 6.07) is 1.75. The van der Waals surface area contributed by atoms with Crippen molar-refractivity contribution in [2.24, 2.45) is 0 Å². The summed E-state index contributed by atoms with van der Waals surface area (Å²) in [6.45, 7) is 10.4. The van der Waals surface area contributed by atoms with E-state index in [0.29, 0.717) is 42.6 Å². The zero-order valence-electron chi connectivity index (χ0n) is 21.3. The van der Waals surface area contributed by atoms with Crippen LogP contribution in [0.25, 0.3) is 0 Å². The Morgan fingerprint density at radius 2 is 2.03 bits per heavy atom. The third kappa shape index (κ3) is 10.3. The average Bonchev–Trinajstić information content (AvgIpc) is 3.18. The summed E-state index contributed by atoms with van der Waals surface area (Å²) in [7, 11) is 1.53. The van der Waals surface area contributed by atoms with E-state index < -0.39 is 11.7 Å². The van der Waals surface area contributed by atoms with Gasteiger partial charge in [0, 0.05) is 32.6 Å². The van der Waals surface area contributed by atoms with E-state index in [4.69, 9.17) is 9.26 Å². The molecule has 0 spiro atoms. The maximum absolute atomic E-state index is 12.0. The quantitative estimate of drug-likeness (QED) is 0.341. The maximum Gasteiger partial charge on any atom is 0.410 e. The van der Waals surface area contributed by atoms with Gasteiger partial charge in [0.25, 0.3) is 0 Å². The van der Waals surface area contributed by atoms with E-state index in [1.807, 2.05) is 6.92 Å². The van der Waals surface area contributed by atoms with Gasteiger partial charge in [0.05, 0.1) is 17.5 Å². The number of carbonyl (C=O) groups excluding carboxylic acids is 2. The number of anilines is 3. The Kier molecular flexibility index (Phi) is 10.3. The molecule has 0 saturated carbocycles. The van der Waals surface area contributed by atoms with Crippen LogP contribution in [0.4, 0.5) is 22.4 Å². The summed E-state index contributed by atoms with van der Waals surface area (Å²) in [6.07, 6.45) is 3.29. The summed E-state index contributed by atoms with van der Waals surface area (Å²) in [4.78, 5) is 34.0. The van der Waals surface area contributed by atoms with E-state index in [1.54, 1.807) is 33.0 Å². The summed E-state index contributed by atoms with van der Waals surface area (Å²) in [5.41, 5.74) is 0.830. The lowest BCUT2D eigenvalue weighted by Gasteiger charge is -2.24. The molecule has 2 aromatic heterocycles. The SMILES string of the molecule is CCCNc1nc(Nc2cc(C)no2)ncc1C#CCCCNC(=O)CN(C)C(=O)OC(C)(C)C. The first-order valence-corrected chi connectivity index (χ1v) is 11.6. The van der Waals surface area contributed by atoms with Gasteiger partial charge in [-0.05, 0) is 40.5 Å². The van der Waals surface area contributed by atoms with Crippen molar-refractivity contribution >= 4 is 29.7 Å². The number of nitrogens with one attached hydrogen (secondary N) is 3. The molecule has 11 nitrogen and oxygen atoms in total. The van der Waals surface area contributed by atoms with E-state index in [0.717, 1.165) is 18.7 Å². The van der Waals surface area contributed by atoms with Gasteiger partial charge < -0.3 is 24.8 Å². The molecular formula is C24H35N7O4. The largest absolute Gasteiger partial charge is 0.444 e. The second kappa shape index (κ2) is 13.2. The summed E-state index contributed by atoms with van der Waals surface area (Å²) < 4.78 is 10.4. The van der Waals surface area contributed by atoms with Gasteiger partial charge in [-0.15, -0.1) is 0 Å². The van der Waals surface area contributed by atoms with Gasteiger partial charge in [-0.2, -0.15) is 4.98 Å². The number of carbonyl (C=O) groups is 2. The molecule has 0 saturated heterocycles. The average molecular weight is 486 g/mol. The third-order valence-corrected chi connectivity index (χ3v) is 4.30. The van der Waals surface area contributed by atoms with Crippen LogP contribution in [-0.2, 0) is 9.53 Å². The van der Waals surface area contributed by atoms with Crippen LogP contribution in [0.5, 0.6) is 0 Å². The summed E-state index contributed by atoms with van der Waals surface area (Å²) >= 11 is 0. The molecule has 11 heteroatoms. The minimum atomic E-state index is -0.607. The van der Waals surface area contributed by atoms with Gasteiger partial charge in [0.2, 0.25) is 17.7 Å². The fraction of sp³-hybridized carbons (Fsp3) is 0.542. The zero-order chi connectivity index (χ0) is 25.8. The highest BCUT2D eigenvalue weighted by atomic mass is 16.6. The predicted molar refractivity (Wildman–Crippen MR) is 133 cm³/mol. The van der Waals surface area contributed by atoms with Gasteiger partial charge in [-0.1, -0.05) is 23.9 Å². The van der Waals surface area contributed by atoms with E-state index >= 15 is 0 Å². The molecule has 35 heavy (non-hydrogen) atoms. The third-order valence-electron chi connectivity index (χ3n) is 4.30. The van der Waals surface area contributed by atoms with Crippen molar-refractivity contribution in [3.63, 3.8) is 0 Å². The molecule has 0 aliphatic heterocycles. The molecule has 2 rings (SSSR count). The lowest BCUT2D eigenvalue weighted by Crippen LogP contribution is -2.41. The van der Waals surface area contributed by atoms with Crippen LogP contribution in [0, 0.1) is 18.8 Å². The highest BCUT2D eigenvalue weighted by Gasteiger charge is 2.20. The normalized spacial score (nSPS) is 10.7. The van der Waals surface area contributed by atoms with E-state index in [2.05, 4.69) is 49.8 Å². The Labute approximate surface area is 206 Å². The Morgan fingerprint density at radius 3 is 2.69 bits per heavy atom. The summed E-state index contributed by atoms with van der Waals surface area (Å²) in [5, 5.41) is 12.9. The first-order valence-electron chi connectivity index (χ1n) is 11.6. The Morgan fingerprint density at radius 1 is 1.26 bits per heavy atom. The number of aromatic nitrogens is 3. The number of amides is 2. The first-order chi connectivity index (χ1) is 16.6. The molecule has 2 amide bonds. The monoisotopic (exact) mass is 485 g/mol. The van der Waals surface area contributed by atoms with Crippen LogP contribution in [0.2, 0.25) is 0 Å². The number of hydrogen-bond acceptors (Lipinski definition) is 9. The molecule has 3 N–H and O–H groups in total. The van der Waals surface area contributed by atoms with Gasteiger partial charge in [0.15, 0.2) is 0 Å². The highest BCUT2D eigenvalue weighted by Crippen LogP contribution is 2.18. The van der Waals surface area contributed by atoms with Gasteiger partial charge in [-0.25, -0.2) is 9.78 Å². The zero-order valence-corrected chi connectivity index (χ0v) is 21.3. The second-order valence-corrected chi connectivity index (χ2v) is 8.93. The van der Waals surface area contributed by atoms with Crippen molar-refractivity contribution < 1.29 is 18.8 Å². The van der Waals surface area contributed by atoms with Crippen molar-refractivity contribution in [2.45, 2.75) is 59.5 Å². The predicted octanol–water partition coefficient (Wildman–Crippen LogP) is 3.45. The van der Waals surface area contributed by atoms with Crippen molar-refractivity contribution in [1.29, 1.82) is 0 Å². The number of hydrogen-bond donors (Lipinski definition) is 3. The van der Waals surface area contributed by atoms with E-state index in [9.17, 15) is 9.59 Å². The van der Waals surface area contributed by atoms with Crippen LogP contribution >= 0.6 is 0 Å². The van der Waals surface area contributed by atoms with Crippen molar-refractivity contribution in [3.05, 3.63) is 23.5 Å². The first kappa shape index (κ1) is 27.4. The van der Waals surface area contributed by atoms with E-state index in [1.165, 1.54) is 11.9 Å². The fourth-order valence-electron chi connectivity index (χ4n) is 2.68. The molecule has 0 radical (unpaired) electrons. The summed E-state index contributed by atoms with van der Waals surface area (Å²) in [5.74, 6) is 7.40. The molecule has 0 atom stereocenters. The minimum absolute atomic E-state index is 0.0710. The van der Waals surface area contributed by atoms with Crippen molar-refractivity contribution in [2.75, 3.05) is 37.3 Å². The second-order valence-electron chi connectivity index (χ2n) is 8.93. The molecule has 0 aliphatic carbocycles. The molecule has 0 fully saturated rings. The van der Waals surface area contributed by atoms with Gasteiger partial charge in [0.1, 0.15) is 18.0 Å². The maximum atomic E-state index is 12.0. The number of nitrogens with zero attached hydrogens (tertiary/aromatic N) is 4. The Hall–Kier alpha value is -3.81. The Balaban J connectivity index is 1.83. The van der Waals surface area contributed by atoms with Crippen molar-refractivity contribution in [1.82, 2.24) is 25.3 Å². The van der Waals surface area contributed by atoms with Crippen LogP contribution in [0.15, 0.2) is 16.8 Å². The molecule has 190 valence electrons. The lowest BCUT2D eigenvalue weighted by atomic mass is 10.2. The number of ether oxygens (including phenoxy) is 1. The van der Waals surface area contributed by atoms with Gasteiger partial charge in [-0.3, -0.25) is 10.1 Å². The molecule has 0 bridgehead atoms. The van der Waals surface area contributed by atoms with Crippen LogP contribution in [0.1, 0.15) is 58.2 Å². The van der Waals surface area contributed by atoms with Crippen LogP contribution in [-0.4, -0.2) is 64.3 Å². The standard InChI is InChI=1S/C24H35N7O4/c1-7-12-26-21-18(15-27-22(29-21)28-20-14-17(2)30-35-20)11-9-8-10-13-25-19(32)16-31(6)23(33)34-24(3,4)5/h14-15H,7-8,10,12-13,16H2,1-6H3,(H,25,32)(H2,26,27,28,29). The molecule has 0 unspecified atom stereocenters. The number of rotatable bonds is 10. The molecular weight excluding hydrogens is 450 g/mol. The molecule has 0 aliphatic rings. The number of unbranched alkanes of at least 4 members (excludes halogenated alkanes) is 1.